The second-order valence-corrected chi connectivity index (χ2v) is 6.48. The number of phenolic OH excluding ortho intramolecular Hbond substituents is 1. The van der Waals surface area contributed by atoms with E-state index in [0.29, 0.717) is 16.8 Å². The normalized spacial score (nSPS) is 12.5. The van der Waals surface area contributed by atoms with Crippen LogP contribution in [0.3, 0.4) is 0 Å². The van der Waals surface area contributed by atoms with Gasteiger partial charge in [-0.3, -0.25) is 9.36 Å². The predicted octanol–water partition coefficient (Wildman–Crippen LogP) is 4.84. The Morgan fingerprint density at radius 1 is 1.18 bits per heavy atom. The molecule has 0 aliphatic rings. The summed E-state index contributed by atoms with van der Waals surface area (Å²) in [5.74, 6) is -1.72. The third kappa shape index (κ3) is 3.45. The SMILES string of the molecule is CC=Cc1c(C)nc(-c2cccc(F)c2O)n(C(C)c2cccc(F)c2)c1=O. The maximum atomic E-state index is 13.9. The largest absolute Gasteiger partial charge is 0.504 e. The highest BCUT2D eigenvalue weighted by Crippen LogP contribution is 2.32. The van der Waals surface area contributed by atoms with Crippen LogP contribution in [0.15, 0.2) is 53.3 Å². The minimum atomic E-state index is -0.813. The molecule has 6 heteroatoms. The van der Waals surface area contributed by atoms with Crippen molar-refractivity contribution in [2.24, 2.45) is 0 Å². The highest BCUT2D eigenvalue weighted by molar-refractivity contribution is 5.66. The van der Waals surface area contributed by atoms with Gasteiger partial charge in [0.15, 0.2) is 11.6 Å². The molecular formula is C22H20F2N2O2. The molecule has 0 bridgehead atoms. The summed E-state index contributed by atoms with van der Waals surface area (Å²) in [6.45, 7) is 5.19. The number of hydrogen-bond acceptors (Lipinski definition) is 3. The molecule has 0 spiro atoms. The van der Waals surface area contributed by atoms with E-state index in [2.05, 4.69) is 4.98 Å². The summed E-state index contributed by atoms with van der Waals surface area (Å²) in [4.78, 5) is 17.8. The lowest BCUT2D eigenvalue weighted by atomic mass is 10.1. The number of benzene rings is 2. The van der Waals surface area contributed by atoms with Gasteiger partial charge in [0.1, 0.15) is 11.6 Å². The number of halogens is 2. The summed E-state index contributed by atoms with van der Waals surface area (Å²) >= 11 is 0. The number of hydrogen-bond donors (Lipinski definition) is 1. The van der Waals surface area contributed by atoms with Gasteiger partial charge in [0.05, 0.1) is 22.9 Å². The molecule has 28 heavy (non-hydrogen) atoms. The molecule has 3 aromatic rings. The van der Waals surface area contributed by atoms with Crippen LogP contribution in [0, 0.1) is 18.6 Å². The van der Waals surface area contributed by atoms with Crippen molar-refractivity contribution in [3.63, 3.8) is 0 Å². The average molecular weight is 382 g/mol. The van der Waals surface area contributed by atoms with Gasteiger partial charge in [-0.1, -0.05) is 30.4 Å². The van der Waals surface area contributed by atoms with Crippen molar-refractivity contribution in [3.05, 3.63) is 87.3 Å². The molecular weight excluding hydrogens is 362 g/mol. The Bertz CT molecular complexity index is 1120. The van der Waals surface area contributed by atoms with Crippen molar-refractivity contribution < 1.29 is 13.9 Å². The molecule has 0 saturated carbocycles. The van der Waals surface area contributed by atoms with Crippen LogP contribution < -0.4 is 5.56 Å². The molecule has 0 aliphatic carbocycles. The Kier molecular flexibility index (Phi) is 5.40. The van der Waals surface area contributed by atoms with Gasteiger partial charge < -0.3 is 5.11 Å². The van der Waals surface area contributed by atoms with E-state index in [0.717, 1.165) is 6.07 Å². The lowest BCUT2D eigenvalue weighted by molar-refractivity contribution is 0.433. The summed E-state index contributed by atoms with van der Waals surface area (Å²) in [6, 6.07) is 9.35. The number of allylic oxidation sites excluding steroid dienone is 1. The van der Waals surface area contributed by atoms with Crippen molar-refractivity contribution in [1.82, 2.24) is 9.55 Å². The Morgan fingerprint density at radius 3 is 2.57 bits per heavy atom. The maximum Gasteiger partial charge on any atom is 0.261 e. The molecule has 0 radical (unpaired) electrons. The van der Waals surface area contributed by atoms with Gasteiger partial charge in [-0.2, -0.15) is 0 Å². The number of aryl methyl sites for hydroxylation is 1. The van der Waals surface area contributed by atoms with Crippen LogP contribution in [-0.2, 0) is 0 Å². The summed E-state index contributed by atoms with van der Waals surface area (Å²) in [5, 5.41) is 10.2. The molecule has 0 amide bonds. The molecule has 1 aromatic heterocycles. The van der Waals surface area contributed by atoms with E-state index in [-0.39, 0.29) is 16.9 Å². The fraction of sp³-hybridized carbons (Fsp3) is 0.182. The molecule has 1 heterocycles. The van der Waals surface area contributed by atoms with Crippen molar-refractivity contribution in [1.29, 1.82) is 0 Å². The standard InChI is InChI=1S/C22H20F2N2O2/c1-4-7-17-13(2)25-21(18-10-6-11-19(24)20(18)27)26(22(17)28)14(3)15-8-5-9-16(23)12-15/h4-12,14,27H,1-3H3. The lowest BCUT2D eigenvalue weighted by Gasteiger charge is -2.22. The first-order valence-electron chi connectivity index (χ1n) is 8.84. The topological polar surface area (TPSA) is 55.1 Å². The third-order valence-electron chi connectivity index (χ3n) is 4.62. The second kappa shape index (κ2) is 7.76. The first-order valence-corrected chi connectivity index (χ1v) is 8.84. The van der Waals surface area contributed by atoms with Crippen LogP contribution in [0.25, 0.3) is 17.5 Å². The zero-order valence-electron chi connectivity index (χ0n) is 15.8. The van der Waals surface area contributed by atoms with Crippen molar-refractivity contribution in [2.45, 2.75) is 26.8 Å². The molecule has 4 nitrogen and oxygen atoms in total. The first kappa shape index (κ1) is 19.5. The number of phenols is 1. The van der Waals surface area contributed by atoms with Gasteiger partial charge in [0.2, 0.25) is 0 Å². The highest BCUT2D eigenvalue weighted by atomic mass is 19.1. The van der Waals surface area contributed by atoms with Crippen molar-refractivity contribution in [3.8, 4) is 17.1 Å². The van der Waals surface area contributed by atoms with Crippen LogP contribution in [0.4, 0.5) is 8.78 Å². The number of rotatable bonds is 4. The third-order valence-corrected chi connectivity index (χ3v) is 4.62. The summed E-state index contributed by atoms with van der Waals surface area (Å²) in [6.07, 6.45) is 3.37. The Morgan fingerprint density at radius 2 is 1.89 bits per heavy atom. The number of nitrogens with zero attached hydrogens (tertiary/aromatic N) is 2. The number of para-hydroxylation sites is 1. The van der Waals surface area contributed by atoms with Gasteiger partial charge in [-0.05, 0) is 50.6 Å². The van der Waals surface area contributed by atoms with Crippen LogP contribution in [0.2, 0.25) is 0 Å². The van der Waals surface area contributed by atoms with Crippen LogP contribution in [0.1, 0.15) is 36.7 Å². The van der Waals surface area contributed by atoms with Gasteiger partial charge in [-0.15, -0.1) is 0 Å². The van der Waals surface area contributed by atoms with E-state index in [1.807, 2.05) is 0 Å². The number of aromatic nitrogens is 2. The van der Waals surface area contributed by atoms with Gasteiger partial charge in [0.25, 0.3) is 5.56 Å². The first-order chi connectivity index (χ1) is 13.3. The van der Waals surface area contributed by atoms with Crippen molar-refractivity contribution >= 4 is 6.08 Å². The van der Waals surface area contributed by atoms with E-state index >= 15 is 0 Å². The molecule has 3 rings (SSSR count). The smallest absolute Gasteiger partial charge is 0.261 e. The molecule has 1 unspecified atom stereocenters. The Balaban J connectivity index is 2.36. The van der Waals surface area contributed by atoms with Gasteiger partial charge >= 0.3 is 0 Å². The highest BCUT2D eigenvalue weighted by Gasteiger charge is 2.22. The lowest BCUT2D eigenvalue weighted by Crippen LogP contribution is -2.29. The zero-order chi connectivity index (χ0) is 20.4. The fourth-order valence-corrected chi connectivity index (χ4v) is 3.17. The molecule has 2 aromatic carbocycles. The maximum absolute atomic E-state index is 13.9. The monoisotopic (exact) mass is 382 g/mol. The molecule has 1 N–H and O–H groups in total. The molecule has 0 saturated heterocycles. The van der Waals surface area contributed by atoms with E-state index in [4.69, 9.17) is 0 Å². The number of aromatic hydroxyl groups is 1. The summed E-state index contributed by atoms with van der Waals surface area (Å²) < 4.78 is 29.0. The quantitative estimate of drug-likeness (QED) is 0.702. The zero-order valence-corrected chi connectivity index (χ0v) is 15.8. The van der Waals surface area contributed by atoms with Crippen LogP contribution in [0.5, 0.6) is 5.75 Å². The Labute approximate surface area is 161 Å². The van der Waals surface area contributed by atoms with Gasteiger partial charge in [-0.25, -0.2) is 13.8 Å². The molecule has 0 fully saturated rings. The minimum absolute atomic E-state index is 0.0930. The summed E-state index contributed by atoms with van der Waals surface area (Å²) in [5.41, 5.74) is 1.11. The summed E-state index contributed by atoms with van der Waals surface area (Å²) in [7, 11) is 0. The molecule has 1 atom stereocenters. The predicted molar refractivity (Wildman–Crippen MR) is 105 cm³/mol. The molecule has 144 valence electrons. The van der Waals surface area contributed by atoms with E-state index in [9.17, 15) is 18.7 Å². The van der Waals surface area contributed by atoms with E-state index < -0.39 is 23.4 Å². The molecule has 0 aliphatic heterocycles. The van der Waals surface area contributed by atoms with Crippen molar-refractivity contribution in [2.75, 3.05) is 0 Å². The minimum Gasteiger partial charge on any atom is -0.504 e. The van der Waals surface area contributed by atoms with Gasteiger partial charge in [0, 0.05) is 0 Å². The second-order valence-electron chi connectivity index (χ2n) is 6.48. The van der Waals surface area contributed by atoms with Crippen LogP contribution in [-0.4, -0.2) is 14.7 Å². The van der Waals surface area contributed by atoms with E-state index in [1.54, 1.807) is 45.1 Å². The Hall–Kier alpha value is -3.28. The average Bonchev–Trinajstić information content (AvgIpc) is 2.66. The van der Waals surface area contributed by atoms with E-state index in [1.165, 1.54) is 28.8 Å². The van der Waals surface area contributed by atoms with Crippen LogP contribution >= 0.6 is 0 Å². The fourth-order valence-electron chi connectivity index (χ4n) is 3.17.